The summed E-state index contributed by atoms with van der Waals surface area (Å²) in [5, 5.41) is 0. The third kappa shape index (κ3) is 59.9. The highest BCUT2D eigenvalue weighted by atomic mass is 16.6. The van der Waals surface area contributed by atoms with E-state index in [9.17, 15) is 14.4 Å². The maximum Gasteiger partial charge on any atom is 0.306 e. The van der Waals surface area contributed by atoms with Crippen molar-refractivity contribution >= 4 is 17.9 Å². The highest BCUT2D eigenvalue weighted by Crippen LogP contribution is 2.13. The number of unbranched alkanes of at least 4 members (excludes halogenated alkanes) is 16. The van der Waals surface area contributed by atoms with Crippen molar-refractivity contribution in [2.24, 2.45) is 0 Å². The standard InChI is InChI=1S/C70H110O6/c1-4-7-10-13-16-19-22-25-28-30-31-32-33-34-35-36-37-38-39-41-42-45-48-51-54-57-60-63-69(72)75-66-67(65-74-68(71)62-59-56-53-50-47-44-27-24-21-18-15-12-9-6-3)76-70(73)64-61-58-55-52-49-46-43-40-29-26-23-20-17-14-11-8-5-2/h7-8,10-11,15-20,24-29,31-32,34-35,37-38,43,46,52,55,67H,4-6,9,12-14,21-23,30,33,36,39-42,44-45,47-51,53-54,56-66H2,1-3H3/b10-7-,11-8-,18-15-,19-16-,20-17-,27-24-,28-25-,29-26-,32-31-,35-34-,38-37-,46-43-,55-52-. The molecule has 0 radical (unpaired) electrons. The van der Waals surface area contributed by atoms with E-state index in [1.807, 2.05) is 0 Å². The molecule has 0 N–H and O–H groups in total. The van der Waals surface area contributed by atoms with Gasteiger partial charge >= 0.3 is 17.9 Å². The Morgan fingerprint density at radius 1 is 0.276 bits per heavy atom. The molecule has 6 heteroatoms. The number of esters is 3. The van der Waals surface area contributed by atoms with Crippen molar-refractivity contribution < 1.29 is 28.6 Å². The number of rotatable bonds is 53. The van der Waals surface area contributed by atoms with Crippen molar-refractivity contribution in [3.63, 3.8) is 0 Å². The fraction of sp³-hybridized carbons (Fsp3) is 0.586. The molecule has 0 amide bonds. The predicted molar refractivity (Wildman–Crippen MR) is 329 cm³/mol. The third-order valence-corrected chi connectivity index (χ3v) is 12.2. The van der Waals surface area contributed by atoms with Crippen molar-refractivity contribution in [1.29, 1.82) is 0 Å². The van der Waals surface area contributed by atoms with Gasteiger partial charge in [-0.25, -0.2) is 0 Å². The van der Waals surface area contributed by atoms with Crippen LogP contribution in [0.5, 0.6) is 0 Å². The SMILES string of the molecule is CC/C=C\C/C=C\C/C=C\C/C=C\C/C=C\C/C=C\CCCCCCCCCCC(=O)OCC(COC(=O)CCCCCCC/C=C\C/C=C\CCCC)OC(=O)CCC/C=C\C/C=C\C/C=C\C/C=C\C/C=C\CC. The topological polar surface area (TPSA) is 78.9 Å². The Labute approximate surface area is 467 Å². The van der Waals surface area contributed by atoms with Gasteiger partial charge in [-0.1, -0.05) is 249 Å². The Hall–Kier alpha value is -4.97. The van der Waals surface area contributed by atoms with Gasteiger partial charge in [0.15, 0.2) is 6.10 Å². The lowest BCUT2D eigenvalue weighted by Crippen LogP contribution is -2.30. The number of carbonyl (C=O) groups excluding carboxylic acids is 3. The molecule has 0 aliphatic carbocycles. The average Bonchev–Trinajstić information content (AvgIpc) is 3.42. The smallest absolute Gasteiger partial charge is 0.306 e. The van der Waals surface area contributed by atoms with Crippen LogP contribution in [0, 0.1) is 0 Å². The minimum absolute atomic E-state index is 0.116. The fourth-order valence-corrected chi connectivity index (χ4v) is 7.73. The summed E-state index contributed by atoms with van der Waals surface area (Å²) in [7, 11) is 0. The van der Waals surface area contributed by atoms with Crippen LogP contribution in [0.3, 0.4) is 0 Å². The fourth-order valence-electron chi connectivity index (χ4n) is 7.73. The lowest BCUT2D eigenvalue weighted by atomic mass is 10.1. The summed E-state index contributed by atoms with van der Waals surface area (Å²) in [4.78, 5) is 38.2. The summed E-state index contributed by atoms with van der Waals surface area (Å²) in [5.41, 5.74) is 0. The molecular weight excluding hydrogens is 937 g/mol. The molecule has 1 unspecified atom stereocenters. The molecule has 0 fully saturated rings. The number of ether oxygens (including phenoxy) is 3. The van der Waals surface area contributed by atoms with Crippen LogP contribution < -0.4 is 0 Å². The van der Waals surface area contributed by atoms with E-state index < -0.39 is 6.10 Å². The van der Waals surface area contributed by atoms with Crippen molar-refractivity contribution in [2.45, 2.75) is 252 Å². The number of allylic oxidation sites excluding steroid dienone is 26. The molecule has 1 atom stereocenters. The number of hydrogen-bond donors (Lipinski definition) is 0. The highest BCUT2D eigenvalue weighted by Gasteiger charge is 2.19. The Balaban J connectivity index is 4.45. The Bertz CT molecular complexity index is 1720. The molecule has 0 aromatic rings. The van der Waals surface area contributed by atoms with Crippen LogP contribution in [0.4, 0.5) is 0 Å². The number of hydrogen-bond acceptors (Lipinski definition) is 6. The molecule has 0 aliphatic rings. The van der Waals surface area contributed by atoms with E-state index in [0.29, 0.717) is 19.3 Å². The van der Waals surface area contributed by atoms with Crippen molar-refractivity contribution in [3.05, 3.63) is 158 Å². The highest BCUT2D eigenvalue weighted by molar-refractivity contribution is 5.71. The molecule has 0 saturated heterocycles. The summed E-state index contributed by atoms with van der Waals surface area (Å²) in [5.74, 6) is -1.00. The summed E-state index contributed by atoms with van der Waals surface area (Å²) < 4.78 is 16.8. The van der Waals surface area contributed by atoms with Crippen LogP contribution in [0.15, 0.2) is 158 Å². The van der Waals surface area contributed by atoms with E-state index in [0.717, 1.165) is 148 Å². The second-order valence-corrected chi connectivity index (χ2v) is 19.5. The zero-order valence-electron chi connectivity index (χ0n) is 48.7. The molecule has 0 heterocycles. The first-order chi connectivity index (χ1) is 37.5. The van der Waals surface area contributed by atoms with Crippen LogP contribution in [-0.2, 0) is 28.6 Å². The first kappa shape index (κ1) is 71.0. The Kier molecular flexibility index (Phi) is 58.5. The summed E-state index contributed by atoms with van der Waals surface area (Å²) in [6, 6.07) is 0. The normalized spacial score (nSPS) is 13.2. The molecule has 0 aliphatic heterocycles. The lowest BCUT2D eigenvalue weighted by Gasteiger charge is -2.18. The van der Waals surface area contributed by atoms with Crippen molar-refractivity contribution in [2.75, 3.05) is 13.2 Å². The Morgan fingerprint density at radius 3 is 0.842 bits per heavy atom. The van der Waals surface area contributed by atoms with Gasteiger partial charge in [0.25, 0.3) is 0 Å². The minimum Gasteiger partial charge on any atom is -0.462 e. The zero-order chi connectivity index (χ0) is 55.0. The van der Waals surface area contributed by atoms with Crippen LogP contribution in [0.1, 0.15) is 245 Å². The van der Waals surface area contributed by atoms with Gasteiger partial charge in [-0.3, -0.25) is 14.4 Å². The molecule has 0 aromatic carbocycles. The summed E-state index contributed by atoms with van der Waals surface area (Å²) >= 11 is 0. The van der Waals surface area contributed by atoms with Crippen LogP contribution in [0.2, 0.25) is 0 Å². The van der Waals surface area contributed by atoms with E-state index in [-0.39, 0.29) is 37.5 Å². The maximum absolute atomic E-state index is 12.9. The van der Waals surface area contributed by atoms with Gasteiger partial charge in [0.2, 0.25) is 0 Å². The molecule has 0 aromatic heterocycles. The average molecular weight is 1050 g/mol. The zero-order valence-corrected chi connectivity index (χ0v) is 48.7. The predicted octanol–water partition coefficient (Wildman–Crippen LogP) is 20.9. The van der Waals surface area contributed by atoms with E-state index >= 15 is 0 Å². The van der Waals surface area contributed by atoms with E-state index in [2.05, 4.69) is 179 Å². The lowest BCUT2D eigenvalue weighted by molar-refractivity contribution is -0.167. The monoisotopic (exact) mass is 1050 g/mol. The minimum atomic E-state index is -0.826. The van der Waals surface area contributed by atoms with Crippen LogP contribution in [0.25, 0.3) is 0 Å². The second-order valence-electron chi connectivity index (χ2n) is 19.5. The van der Waals surface area contributed by atoms with Crippen LogP contribution in [-0.4, -0.2) is 37.2 Å². The first-order valence-electron chi connectivity index (χ1n) is 30.5. The van der Waals surface area contributed by atoms with Gasteiger partial charge in [-0.15, -0.1) is 0 Å². The third-order valence-electron chi connectivity index (χ3n) is 12.2. The van der Waals surface area contributed by atoms with Gasteiger partial charge in [-0.05, 0) is 135 Å². The van der Waals surface area contributed by atoms with Gasteiger partial charge in [0, 0.05) is 19.3 Å². The second kappa shape index (κ2) is 62.6. The Morgan fingerprint density at radius 2 is 0.526 bits per heavy atom. The summed E-state index contributed by atoms with van der Waals surface area (Å²) in [6.45, 7) is 6.29. The van der Waals surface area contributed by atoms with E-state index in [1.54, 1.807) is 0 Å². The molecule has 76 heavy (non-hydrogen) atoms. The van der Waals surface area contributed by atoms with Crippen molar-refractivity contribution in [1.82, 2.24) is 0 Å². The molecule has 0 spiro atoms. The van der Waals surface area contributed by atoms with Gasteiger partial charge in [0.1, 0.15) is 13.2 Å². The van der Waals surface area contributed by atoms with Crippen LogP contribution >= 0.6 is 0 Å². The molecule has 0 bridgehead atoms. The molecule has 0 rings (SSSR count). The van der Waals surface area contributed by atoms with E-state index in [1.165, 1.54) is 51.4 Å². The first-order valence-corrected chi connectivity index (χ1v) is 30.5. The van der Waals surface area contributed by atoms with Gasteiger partial charge in [-0.2, -0.15) is 0 Å². The molecule has 6 nitrogen and oxygen atoms in total. The molecule has 0 saturated carbocycles. The van der Waals surface area contributed by atoms with Gasteiger partial charge < -0.3 is 14.2 Å². The van der Waals surface area contributed by atoms with Crippen molar-refractivity contribution in [3.8, 4) is 0 Å². The van der Waals surface area contributed by atoms with Gasteiger partial charge in [0.05, 0.1) is 0 Å². The number of carbonyl (C=O) groups is 3. The molecular formula is C70H110O6. The maximum atomic E-state index is 12.9. The largest absolute Gasteiger partial charge is 0.462 e. The van der Waals surface area contributed by atoms with E-state index in [4.69, 9.17) is 14.2 Å². The quantitative estimate of drug-likeness (QED) is 0.0261. The summed E-state index contributed by atoms with van der Waals surface area (Å²) in [6.07, 6.45) is 91.0. The molecule has 426 valence electrons.